The van der Waals surface area contributed by atoms with Gasteiger partial charge in [0.25, 0.3) is 0 Å². The van der Waals surface area contributed by atoms with Gasteiger partial charge in [0.05, 0.1) is 12.2 Å². The van der Waals surface area contributed by atoms with Crippen molar-refractivity contribution in [2.45, 2.75) is 32.9 Å². The van der Waals surface area contributed by atoms with E-state index in [9.17, 15) is 4.79 Å². The summed E-state index contributed by atoms with van der Waals surface area (Å²) in [6.07, 6.45) is 3.55. The van der Waals surface area contributed by atoms with Gasteiger partial charge in [-0.2, -0.15) is 5.10 Å². The molecule has 0 aliphatic carbocycles. The van der Waals surface area contributed by atoms with Gasteiger partial charge in [0.2, 0.25) is 5.91 Å². The Balaban J connectivity index is 1.56. The zero-order valence-corrected chi connectivity index (χ0v) is 15.2. The van der Waals surface area contributed by atoms with Crippen LogP contribution in [0.2, 0.25) is 0 Å². The van der Waals surface area contributed by atoms with Gasteiger partial charge in [0.15, 0.2) is 5.13 Å². The number of carbonyl (C=O) groups excluding carboxylic acids is 1. The van der Waals surface area contributed by atoms with E-state index in [1.165, 1.54) is 0 Å². The van der Waals surface area contributed by atoms with Crippen molar-refractivity contribution in [1.29, 1.82) is 0 Å². The van der Waals surface area contributed by atoms with Gasteiger partial charge in [0, 0.05) is 49.9 Å². The average Bonchev–Trinajstić information content (AvgIpc) is 3.26. The van der Waals surface area contributed by atoms with Crippen LogP contribution in [0.3, 0.4) is 0 Å². The molecule has 1 fully saturated rings. The molecular formula is C16H24N6OS. The number of aromatic nitrogens is 3. The van der Waals surface area contributed by atoms with Gasteiger partial charge >= 0.3 is 0 Å². The maximum absolute atomic E-state index is 12.6. The van der Waals surface area contributed by atoms with Gasteiger partial charge in [-0.05, 0) is 20.8 Å². The Labute approximate surface area is 146 Å². The highest BCUT2D eigenvalue weighted by atomic mass is 32.1. The molecule has 0 spiro atoms. The van der Waals surface area contributed by atoms with E-state index in [0.717, 1.165) is 37.1 Å². The van der Waals surface area contributed by atoms with Crippen molar-refractivity contribution in [3.8, 4) is 0 Å². The fraction of sp³-hybridized carbons (Fsp3) is 0.562. The van der Waals surface area contributed by atoms with E-state index in [-0.39, 0.29) is 18.0 Å². The number of hydrogen-bond donors (Lipinski definition) is 1. The number of thiazole rings is 1. The fourth-order valence-electron chi connectivity index (χ4n) is 2.89. The number of rotatable bonds is 5. The van der Waals surface area contributed by atoms with Gasteiger partial charge < -0.3 is 10.2 Å². The third-order valence-electron chi connectivity index (χ3n) is 4.34. The highest BCUT2D eigenvalue weighted by Gasteiger charge is 2.27. The van der Waals surface area contributed by atoms with Crippen LogP contribution in [-0.2, 0) is 4.79 Å². The molecule has 24 heavy (non-hydrogen) atoms. The zero-order chi connectivity index (χ0) is 17.1. The zero-order valence-electron chi connectivity index (χ0n) is 14.3. The van der Waals surface area contributed by atoms with Crippen molar-refractivity contribution in [2.75, 3.05) is 36.4 Å². The summed E-state index contributed by atoms with van der Waals surface area (Å²) in [6.45, 7) is 9.57. The summed E-state index contributed by atoms with van der Waals surface area (Å²) >= 11 is 1.66. The lowest BCUT2D eigenvalue weighted by molar-refractivity contribution is -0.120. The maximum Gasteiger partial charge on any atom is 0.242 e. The summed E-state index contributed by atoms with van der Waals surface area (Å²) in [5.74, 6) is 0.767. The Kier molecular flexibility index (Phi) is 5.15. The van der Waals surface area contributed by atoms with E-state index in [1.54, 1.807) is 17.5 Å². The van der Waals surface area contributed by atoms with Gasteiger partial charge in [-0.15, -0.1) is 11.3 Å². The van der Waals surface area contributed by atoms with Crippen molar-refractivity contribution in [1.82, 2.24) is 19.7 Å². The van der Waals surface area contributed by atoms with E-state index < -0.39 is 0 Å². The number of amides is 1. The number of carbonyl (C=O) groups is 1. The highest BCUT2D eigenvalue weighted by Crippen LogP contribution is 2.20. The van der Waals surface area contributed by atoms with Crippen molar-refractivity contribution in [2.24, 2.45) is 0 Å². The second-order valence-electron chi connectivity index (χ2n) is 6.26. The normalized spacial score (nSPS) is 17.2. The minimum absolute atomic E-state index is 0.0140. The number of piperazine rings is 1. The molecule has 8 heteroatoms. The Morgan fingerprint density at radius 1 is 1.21 bits per heavy atom. The largest absolute Gasteiger partial charge is 0.346 e. The number of nitrogens with zero attached hydrogens (tertiary/aromatic N) is 5. The lowest BCUT2D eigenvalue weighted by atomic mass is 10.2. The van der Waals surface area contributed by atoms with Crippen LogP contribution >= 0.6 is 11.3 Å². The molecule has 0 bridgehead atoms. The Morgan fingerprint density at radius 2 is 1.96 bits per heavy atom. The Morgan fingerprint density at radius 3 is 2.58 bits per heavy atom. The van der Waals surface area contributed by atoms with Gasteiger partial charge in [-0.3, -0.25) is 9.69 Å². The first-order valence-electron chi connectivity index (χ1n) is 8.29. The van der Waals surface area contributed by atoms with E-state index in [1.807, 2.05) is 43.1 Å². The van der Waals surface area contributed by atoms with E-state index in [2.05, 4.69) is 25.2 Å². The topological polar surface area (TPSA) is 66.3 Å². The summed E-state index contributed by atoms with van der Waals surface area (Å²) in [5.41, 5.74) is 0. The number of nitrogens with one attached hydrogen (secondary N) is 1. The van der Waals surface area contributed by atoms with Crippen LogP contribution in [0.1, 0.15) is 26.8 Å². The van der Waals surface area contributed by atoms with Gasteiger partial charge in [0.1, 0.15) is 5.82 Å². The molecule has 1 N–H and O–H groups in total. The molecule has 1 atom stereocenters. The SMILES string of the molecule is CC(C)n1nccc1NC(=O)[C@@H](C)N1CCN(c2nccs2)CC1. The van der Waals surface area contributed by atoms with Crippen molar-refractivity contribution in [3.05, 3.63) is 23.8 Å². The average molecular weight is 348 g/mol. The molecule has 130 valence electrons. The molecule has 2 aromatic heterocycles. The molecule has 0 saturated carbocycles. The minimum Gasteiger partial charge on any atom is -0.346 e. The smallest absolute Gasteiger partial charge is 0.242 e. The fourth-order valence-corrected chi connectivity index (χ4v) is 3.59. The van der Waals surface area contributed by atoms with E-state index in [4.69, 9.17) is 0 Å². The third kappa shape index (κ3) is 3.59. The molecule has 0 aromatic carbocycles. The van der Waals surface area contributed by atoms with Gasteiger partial charge in [-0.25, -0.2) is 9.67 Å². The predicted octanol–water partition coefficient (Wildman–Crippen LogP) is 2.07. The Hall–Kier alpha value is -1.93. The predicted molar refractivity (Wildman–Crippen MR) is 96.6 cm³/mol. The van der Waals surface area contributed by atoms with E-state index in [0.29, 0.717) is 0 Å². The number of hydrogen-bond acceptors (Lipinski definition) is 6. The molecule has 3 rings (SSSR count). The Bertz CT molecular complexity index is 660. The quantitative estimate of drug-likeness (QED) is 0.896. The van der Waals surface area contributed by atoms with Crippen molar-refractivity contribution < 1.29 is 4.79 Å². The summed E-state index contributed by atoms with van der Waals surface area (Å²) in [5, 5.41) is 10.3. The standard InChI is InChI=1S/C16H24N6OS/c1-12(2)22-14(4-5-18-22)19-15(23)13(3)20-7-9-21(10-8-20)16-17-6-11-24-16/h4-6,11-13H,7-10H2,1-3H3,(H,19,23)/t13-/m1/s1. The molecule has 2 aromatic rings. The first kappa shape index (κ1) is 16.9. The van der Waals surface area contributed by atoms with Crippen LogP contribution in [0.4, 0.5) is 10.9 Å². The first-order valence-corrected chi connectivity index (χ1v) is 9.17. The summed E-state index contributed by atoms with van der Waals surface area (Å²) in [4.78, 5) is 21.4. The highest BCUT2D eigenvalue weighted by molar-refractivity contribution is 7.13. The molecule has 1 amide bonds. The molecule has 0 unspecified atom stereocenters. The summed E-state index contributed by atoms with van der Waals surface area (Å²) in [6, 6.07) is 1.89. The van der Waals surface area contributed by atoms with Crippen LogP contribution < -0.4 is 10.2 Å². The lowest BCUT2D eigenvalue weighted by Crippen LogP contribution is -2.52. The first-order chi connectivity index (χ1) is 11.6. The molecule has 1 aliphatic heterocycles. The van der Waals surface area contributed by atoms with Crippen LogP contribution in [0.15, 0.2) is 23.8 Å². The summed E-state index contributed by atoms with van der Waals surface area (Å²) < 4.78 is 1.82. The lowest BCUT2D eigenvalue weighted by Gasteiger charge is -2.37. The van der Waals surface area contributed by atoms with E-state index >= 15 is 0 Å². The van der Waals surface area contributed by atoms with Crippen molar-refractivity contribution >= 4 is 28.2 Å². The monoisotopic (exact) mass is 348 g/mol. The number of anilines is 2. The van der Waals surface area contributed by atoms with Crippen molar-refractivity contribution in [3.63, 3.8) is 0 Å². The molecule has 7 nitrogen and oxygen atoms in total. The van der Waals surface area contributed by atoms with Gasteiger partial charge in [-0.1, -0.05) is 0 Å². The third-order valence-corrected chi connectivity index (χ3v) is 5.17. The molecule has 0 radical (unpaired) electrons. The molecular weight excluding hydrogens is 324 g/mol. The molecule has 1 saturated heterocycles. The van der Waals surface area contributed by atoms with Crippen LogP contribution in [0.25, 0.3) is 0 Å². The minimum atomic E-state index is -0.168. The second kappa shape index (κ2) is 7.31. The van der Waals surface area contributed by atoms with Crippen LogP contribution in [-0.4, -0.2) is 57.8 Å². The maximum atomic E-state index is 12.6. The van der Waals surface area contributed by atoms with Crippen LogP contribution in [0, 0.1) is 0 Å². The molecule has 3 heterocycles. The van der Waals surface area contributed by atoms with Crippen LogP contribution in [0.5, 0.6) is 0 Å². The second-order valence-corrected chi connectivity index (χ2v) is 7.13. The summed E-state index contributed by atoms with van der Waals surface area (Å²) in [7, 11) is 0. The molecule has 1 aliphatic rings.